The number of rotatable bonds is 3. The maximum atomic E-state index is 13.9. The molecule has 5 heterocycles. The van der Waals surface area contributed by atoms with Crippen LogP contribution in [0.4, 0.5) is 10.3 Å². The van der Waals surface area contributed by atoms with Crippen LogP contribution in [0.25, 0.3) is 22.4 Å². The number of pyridine rings is 2. The van der Waals surface area contributed by atoms with E-state index in [4.69, 9.17) is 17.3 Å². The number of halogens is 2. The van der Waals surface area contributed by atoms with Gasteiger partial charge in [0.15, 0.2) is 11.5 Å². The Hall–Kier alpha value is -3.59. The average molecular weight is 395 g/mol. The molecule has 5 aromatic heterocycles. The van der Waals surface area contributed by atoms with Gasteiger partial charge >= 0.3 is 0 Å². The van der Waals surface area contributed by atoms with Crippen LogP contribution >= 0.6 is 11.6 Å². The van der Waals surface area contributed by atoms with Crippen LogP contribution in [0.5, 0.6) is 0 Å². The van der Waals surface area contributed by atoms with Gasteiger partial charge in [0.1, 0.15) is 16.6 Å². The summed E-state index contributed by atoms with van der Waals surface area (Å²) in [5.41, 5.74) is 8.80. The molecule has 0 atom stereocenters. The molecule has 0 aliphatic carbocycles. The highest BCUT2D eigenvalue weighted by atomic mass is 35.5. The van der Waals surface area contributed by atoms with E-state index in [9.17, 15) is 4.39 Å². The minimum absolute atomic E-state index is 0.0905. The van der Waals surface area contributed by atoms with Crippen LogP contribution in [0.1, 0.15) is 11.5 Å². The minimum Gasteiger partial charge on any atom is -0.368 e. The molecule has 0 unspecified atom stereocenters. The molecule has 10 heteroatoms. The molecule has 5 rings (SSSR count). The first-order valence-corrected chi connectivity index (χ1v) is 8.71. The number of hydrogen-bond donors (Lipinski definition) is 1. The van der Waals surface area contributed by atoms with Crippen molar-refractivity contribution in [2.75, 3.05) is 5.73 Å². The molecule has 0 saturated carbocycles. The summed E-state index contributed by atoms with van der Waals surface area (Å²) in [6, 6.07) is 6.60. The molecule has 5 aromatic rings. The third-order valence-corrected chi connectivity index (χ3v) is 4.62. The van der Waals surface area contributed by atoms with Crippen molar-refractivity contribution in [1.82, 2.24) is 34.0 Å². The van der Waals surface area contributed by atoms with Gasteiger partial charge < -0.3 is 10.1 Å². The number of nitrogen functional groups attached to an aromatic ring is 1. The Balaban J connectivity index is 1.68. The number of hydrogen-bond acceptors (Lipinski definition) is 6. The van der Waals surface area contributed by atoms with E-state index in [1.807, 2.05) is 28.9 Å². The van der Waals surface area contributed by atoms with Crippen molar-refractivity contribution in [3.63, 3.8) is 0 Å². The molecule has 0 aromatic carbocycles. The number of aromatic nitrogens is 7. The zero-order valence-corrected chi connectivity index (χ0v) is 15.0. The Labute approximate surface area is 162 Å². The van der Waals surface area contributed by atoms with E-state index < -0.39 is 5.82 Å². The summed E-state index contributed by atoms with van der Waals surface area (Å²) in [5.74, 6) is 0.0299. The first kappa shape index (κ1) is 16.6. The zero-order chi connectivity index (χ0) is 19.3. The smallest absolute Gasteiger partial charge is 0.224 e. The fourth-order valence-corrected chi connectivity index (χ4v) is 3.34. The second-order valence-corrected chi connectivity index (χ2v) is 6.48. The largest absolute Gasteiger partial charge is 0.368 e. The molecule has 2 N–H and O–H groups in total. The SMILES string of the molecule is Nc1nc(Cl)c(-c2ccc3nccn3c2)c2nc(Cc3ncccc3F)nn12. The van der Waals surface area contributed by atoms with Crippen molar-refractivity contribution in [3.05, 3.63) is 71.5 Å². The number of anilines is 1. The number of nitrogens with two attached hydrogens (primary N) is 1. The summed E-state index contributed by atoms with van der Waals surface area (Å²) in [4.78, 5) is 17.0. The van der Waals surface area contributed by atoms with Gasteiger partial charge in [0.25, 0.3) is 0 Å². The van der Waals surface area contributed by atoms with Crippen molar-refractivity contribution in [1.29, 1.82) is 0 Å². The van der Waals surface area contributed by atoms with E-state index in [1.165, 1.54) is 22.8 Å². The lowest BCUT2D eigenvalue weighted by molar-refractivity contribution is 0.601. The van der Waals surface area contributed by atoms with Gasteiger partial charge in [-0.3, -0.25) is 4.98 Å². The number of nitrogens with zero attached hydrogens (tertiary/aromatic N) is 7. The van der Waals surface area contributed by atoms with E-state index in [0.29, 0.717) is 17.0 Å². The van der Waals surface area contributed by atoms with E-state index in [2.05, 4.69) is 25.0 Å². The van der Waals surface area contributed by atoms with Crippen LogP contribution in [-0.4, -0.2) is 34.0 Å². The molecule has 0 aliphatic rings. The lowest BCUT2D eigenvalue weighted by Crippen LogP contribution is -2.04. The van der Waals surface area contributed by atoms with Crippen LogP contribution < -0.4 is 5.73 Å². The summed E-state index contributed by atoms with van der Waals surface area (Å²) < 4.78 is 17.2. The van der Waals surface area contributed by atoms with E-state index in [1.54, 1.807) is 6.20 Å². The lowest BCUT2D eigenvalue weighted by Gasteiger charge is -2.07. The molecule has 0 amide bonds. The first-order valence-electron chi connectivity index (χ1n) is 8.33. The lowest BCUT2D eigenvalue weighted by atomic mass is 10.1. The zero-order valence-electron chi connectivity index (χ0n) is 14.3. The normalized spacial score (nSPS) is 11.5. The number of imidazole rings is 1. The van der Waals surface area contributed by atoms with Gasteiger partial charge in [-0.2, -0.15) is 4.52 Å². The van der Waals surface area contributed by atoms with E-state index >= 15 is 0 Å². The maximum absolute atomic E-state index is 13.9. The second-order valence-electron chi connectivity index (χ2n) is 6.12. The van der Waals surface area contributed by atoms with Gasteiger partial charge in [-0.25, -0.2) is 19.3 Å². The van der Waals surface area contributed by atoms with Gasteiger partial charge in [0, 0.05) is 30.4 Å². The Bertz CT molecular complexity index is 1340. The summed E-state index contributed by atoms with van der Waals surface area (Å²) in [6.45, 7) is 0. The van der Waals surface area contributed by atoms with Crippen LogP contribution in [0.3, 0.4) is 0 Å². The van der Waals surface area contributed by atoms with Crippen LogP contribution in [0.15, 0.2) is 49.1 Å². The summed E-state index contributed by atoms with van der Waals surface area (Å²) in [5, 5.41) is 4.56. The summed E-state index contributed by atoms with van der Waals surface area (Å²) >= 11 is 6.39. The average Bonchev–Trinajstić information content (AvgIpc) is 3.30. The fraction of sp³-hybridized carbons (Fsp3) is 0.0556. The van der Waals surface area contributed by atoms with Gasteiger partial charge in [0.2, 0.25) is 5.95 Å². The fourth-order valence-electron chi connectivity index (χ4n) is 3.06. The molecule has 138 valence electrons. The van der Waals surface area contributed by atoms with Crippen LogP contribution in [0, 0.1) is 5.82 Å². The van der Waals surface area contributed by atoms with E-state index in [-0.39, 0.29) is 23.2 Å². The highest BCUT2D eigenvalue weighted by Gasteiger charge is 2.19. The summed E-state index contributed by atoms with van der Waals surface area (Å²) in [7, 11) is 0. The number of fused-ring (bicyclic) bond motifs is 2. The minimum atomic E-state index is -0.420. The van der Waals surface area contributed by atoms with Crippen molar-refractivity contribution < 1.29 is 4.39 Å². The molecule has 0 spiro atoms. The Morgan fingerprint density at radius 3 is 2.86 bits per heavy atom. The second kappa shape index (κ2) is 6.24. The van der Waals surface area contributed by atoms with E-state index in [0.717, 1.165) is 11.2 Å². The molecular weight excluding hydrogens is 383 g/mol. The molecular formula is C18H12ClFN8. The van der Waals surface area contributed by atoms with Gasteiger partial charge in [0.05, 0.1) is 17.7 Å². The van der Waals surface area contributed by atoms with Gasteiger partial charge in [-0.1, -0.05) is 11.6 Å². The molecule has 0 aliphatic heterocycles. The standard InChI is InChI=1S/C18H12ClFN8/c19-16-15(10-3-4-14-23-6-7-27(14)9-10)17-24-13(26-28(17)18(21)25-16)8-12-11(20)2-1-5-22-12/h1-7,9H,8H2,(H2,21,25). The molecule has 0 radical (unpaired) electrons. The third-order valence-electron chi connectivity index (χ3n) is 4.35. The monoisotopic (exact) mass is 394 g/mol. The molecule has 28 heavy (non-hydrogen) atoms. The maximum Gasteiger partial charge on any atom is 0.224 e. The van der Waals surface area contributed by atoms with Crippen molar-refractivity contribution >= 4 is 28.8 Å². The van der Waals surface area contributed by atoms with Crippen molar-refractivity contribution in [3.8, 4) is 11.1 Å². The predicted molar refractivity (Wildman–Crippen MR) is 101 cm³/mol. The van der Waals surface area contributed by atoms with Crippen LogP contribution in [0.2, 0.25) is 5.15 Å². The van der Waals surface area contributed by atoms with Crippen LogP contribution in [-0.2, 0) is 6.42 Å². The Kier molecular flexibility index (Phi) is 3.69. The topological polar surface area (TPSA) is 99.3 Å². The van der Waals surface area contributed by atoms with Crippen molar-refractivity contribution in [2.24, 2.45) is 0 Å². The summed E-state index contributed by atoms with van der Waals surface area (Å²) in [6.07, 6.45) is 7.04. The molecule has 0 fully saturated rings. The quantitative estimate of drug-likeness (QED) is 0.472. The predicted octanol–water partition coefficient (Wildman–Crippen LogP) is 2.80. The molecule has 0 bridgehead atoms. The first-order chi connectivity index (χ1) is 13.6. The third kappa shape index (κ3) is 2.64. The van der Waals surface area contributed by atoms with Gasteiger partial charge in [-0.15, -0.1) is 5.10 Å². The van der Waals surface area contributed by atoms with Gasteiger partial charge in [-0.05, 0) is 24.3 Å². The van der Waals surface area contributed by atoms with Crippen molar-refractivity contribution in [2.45, 2.75) is 6.42 Å². The highest BCUT2D eigenvalue weighted by molar-refractivity contribution is 6.33. The Morgan fingerprint density at radius 2 is 2.00 bits per heavy atom. The molecule has 8 nitrogen and oxygen atoms in total. The highest BCUT2D eigenvalue weighted by Crippen LogP contribution is 2.31. The molecule has 0 saturated heterocycles. The Morgan fingerprint density at radius 1 is 1.11 bits per heavy atom.